The fraction of sp³-hybridized carbons (Fsp3) is 0.375. The molecule has 1 aliphatic rings. The zero-order valence-corrected chi connectivity index (χ0v) is 16.0. The van der Waals surface area contributed by atoms with Crippen LogP contribution in [-0.4, -0.2) is 4.98 Å². The summed E-state index contributed by atoms with van der Waals surface area (Å²) in [5.74, 6) is 8.23. The molecule has 134 valence electrons. The number of pyridine rings is 1. The van der Waals surface area contributed by atoms with Crippen LogP contribution in [0.1, 0.15) is 50.5 Å². The first kappa shape index (κ1) is 18.7. The number of allylic oxidation sites excluding steroid dienone is 1. The van der Waals surface area contributed by atoms with E-state index in [1.807, 2.05) is 42.6 Å². The standard InChI is InChI=1S/C24H26ClN/c1-2-3-4-5-19-6-8-20(9-7-19)10-11-21-12-17-24(26-18-21)22-13-15-23(25)16-14-22/h2,12-20H,1,3-9H2. The van der Waals surface area contributed by atoms with Gasteiger partial charge < -0.3 is 0 Å². The van der Waals surface area contributed by atoms with E-state index in [1.165, 1.54) is 38.5 Å². The molecular weight excluding hydrogens is 338 g/mol. The van der Waals surface area contributed by atoms with E-state index < -0.39 is 0 Å². The Kier molecular flexibility index (Phi) is 6.92. The van der Waals surface area contributed by atoms with Crippen molar-refractivity contribution in [2.24, 2.45) is 11.8 Å². The van der Waals surface area contributed by atoms with Crippen LogP contribution in [0.25, 0.3) is 11.3 Å². The Morgan fingerprint density at radius 2 is 1.85 bits per heavy atom. The molecule has 0 amide bonds. The van der Waals surface area contributed by atoms with Gasteiger partial charge in [-0.3, -0.25) is 4.98 Å². The molecule has 0 saturated heterocycles. The highest BCUT2D eigenvalue weighted by Crippen LogP contribution is 2.31. The number of benzene rings is 1. The zero-order chi connectivity index (χ0) is 18.2. The van der Waals surface area contributed by atoms with Crippen LogP contribution in [0.2, 0.25) is 5.02 Å². The summed E-state index contributed by atoms with van der Waals surface area (Å²) in [7, 11) is 0. The Morgan fingerprint density at radius 1 is 1.08 bits per heavy atom. The molecule has 0 atom stereocenters. The molecule has 3 rings (SSSR count). The minimum absolute atomic E-state index is 0.543. The van der Waals surface area contributed by atoms with Gasteiger partial charge in [0, 0.05) is 28.3 Å². The van der Waals surface area contributed by atoms with Gasteiger partial charge in [-0.05, 0) is 68.7 Å². The molecule has 26 heavy (non-hydrogen) atoms. The van der Waals surface area contributed by atoms with E-state index in [2.05, 4.69) is 29.5 Å². The molecule has 2 aromatic rings. The van der Waals surface area contributed by atoms with Gasteiger partial charge >= 0.3 is 0 Å². The van der Waals surface area contributed by atoms with E-state index in [4.69, 9.17) is 11.6 Å². The maximum atomic E-state index is 5.94. The minimum atomic E-state index is 0.543. The lowest BCUT2D eigenvalue weighted by molar-refractivity contribution is 0.297. The van der Waals surface area contributed by atoms with Crippen molar-refractivity contribution in [2.45, 2.75) is 44.9 Å². The normalized spacial score (nSPS) is 19.4. The van der Waals surface area contributed by atoms with E-state index in [1.54, 1.807) is 0 Å². The molecule has 2 heteroatoms. The molecule has 0 spiro atoms. The lowest BCUT2D eigenvalue weighted by Crippen LogP contribution is -2.13. The van der Waals surface area contributed by atoms with Crippen molar-refractivity contribution in [1.82, 2.24) is 4.98 Å². The van der Waals surface area contributed by atoms with Crippen LogP contribution in [0.15, 0.2) is 55.3 Å². The third kappa shape index (κ3) is 5.48. The van der Waals surface area contributed by atoms with Crippen LogP contribution in [0.4, 0.5) is 0 Å². The Bertz CT molecular complexity index is 757. The maximum absolute atomic E-state index is 5.94. The lowest BCUT2D eigenvalue weighted by atomic mass is 9.80. The van der Waals surface area contributed by atoms with Crippen LogP contribution in [0, 0.1) is 23.7 Å². The third-order valence-corrected chi connectivity index (χ3v) is 5.44. The first-order valence-corrected chi connectivity index (χ1v) is 9.97. The van der Waals surface area contributed by atoms with Crippen LogP contribution in [0.3, 0.4) is 0 Å². The summed E-state index contributed by atoms with van der Waals surface area (Å²) in [4.78, 5) is 4.54. The summed E-state index contributed by atoms with van der Waals surface area (Å²) in [5.41, 5.74) is 3.02. The van der Waals surface area contributed by atoms with Gasteiger partial charge in [-0.15, -0.1) is 6.58 Å². The summed E-state index contributed by atoms with van der Waals surface area (Å²) in [5, 5.41) is 0.742. The van der Waals surface area contributed by atoms with Gasteiger partial charge in [-0.25, -0.2) is 0 Å². The van der Waals surface area contributed by atoms with Crippen LogP contribution in [0.5, 0.6) is 0 Å². The zero-order valence-electron chi connectivity index (χ0n) is 15.3. The largest absolute Gasteiger partial charge is 0.255 e. The topological polar surface area (TPSA) is 12.9 Å². The maximum Gasteiger partial charge on any atom is 0.0702 e. The van der Waals surface area contributed by atoms with Gasteiger partial charge in [-0.1, -0.05) is 48.1 Å². The van der Waals surface area contributed by atoms with Gasteiger partial charge in [0.2, 0.25) is 0 Å². The summed E-state index contributed by atoms with van der Waals surface area (Å²) in [6, 6.07) is 11.8. The van der Waals surface area contributed by atoms with Gasteiger partial charge in [0.25, 0.3) is 0 Å². The Balaban J connectivity index is 1.52. The van der Waals surface area contributed by atoms with Crippen molar-refractivity contribution in [3.05, 3.63) is 65.8 Å². The minimum Gasteiger partial charge on any atom is -0.255 e. The van der Waals surface area contributed by atoms with Crippen molar-refractivity contribution in [2.75, 3.05) is 0 Å². The molecule has 0 N–H and O–H groups in total. The molecule has 0 radical (unpaired) electrons. The second kappa shape index (κ2) is 9.60. The first-order valence-electron chi connectivity index (χ1n) is 9.59. The SMILES string of the molecule is C=CCCCC1CCC(C#Cc2ccc(-c3ccc(Cl)cc3)nc2)CC1. The quantitative estimate of drug-likeness (QED) is 0.319. The fourth-order valence-electron chi connectivity index (χ4n) is 3.59. The van der Waals surface area contributed by atoms with E-state index >= 15 is 0 Å². The van der Waals surface area contributed by atoms with E-state index in [-0.39, 0.29) is 0 Å². The van der Waals surface area contributed by atoms with E-state index in [0.717, 1.165) is 34.2 Å². The lowest BCUT2D eigenvalue weighted by Gasteiger charge is -2.25. The summed E-state index contributed by atoms with van der Waals surface area (Å²) < 4.78 is 0. The number of hydrogen-bond donors (Lipinski definition) is 0. The van der Waals surface area contributed by atoms with Crippen LogP contribution in [-0.2, 0) is 0 Å². The van der Waals surface area contributed by atoms with Gasteiger partial charge in [0.1, 0.15) is 0 Å². The highest BCUT2D eigenvalue weighted by molar-refractivity contribution is 6.30. The van der Waals surface area contributed by atoms with Crippen LogP contribution < -0.4 is 0 Å². The number of unbranched alkanes of at least 4 members (excludes halogenated alkanes) is 1. The fourth-order valence-corrected chi connectivity index (χ4v) is 3.72. The van der Waals surface area contributed by atoms with Gasteiger partial charge in [-0.2, -0.15) is 0 Å². The van der Waals surface area contributed by atoms with Crippen molar-refractivity contribution in [3.63, 3.8) is 0 Å². The molecular formula is C24H26ClN. The van der Waals surface area contributed by atoms with Crippen molar-refractivity contribution < 1.29 is 0 Å². The molecule has 0 bridgehead atoms. The first-order chi connectivity index (χ1) is 12.7. The molecule has 1 aromatic heterocycles. The number of nitrogens with zero attached hydrogens (tertiary/aromatic N) is 1. The smallest absolute Gasteiger partial charge is 0.0702 e. The number of hydrogen-bond acceptors (Lipinski definition) is 1. The second-order valence-electron chi connectivity index (χ2n) is 7.15. The Labute approximate surface area is 162 Å². The number of halogens is 1. The second-order valence-corrected chi connectivity index (χ2v) is 7.58. The molecule has 1 saturated carbocycles. The molecule has 1 nitrogen and oxygen atoms in total. The molecule has 0 unspecified atom stereocenters. The average molecular weight is 364 g/mol. The summed E-state index contributed by atoms with van der Waals surface area (Å²) in [6.45, 7) is 3.81. The average Bonchev–Trinajstić information content (AvgIpc) is 2.69. The molecule has 1 heterocycles. The summed E-state index contributed by atoms with van der Waals surface area (Å²) in [6.07, 6.45) is 12.8. The molecule has 1 fully saturated rings. The third-order valence-electron chi connectivity index (χ3n) is 5.19. The monoisotopic (exact) mass is 363 g/mol. The Hall–Kier alpha value is -2.04. The van der Waals surface area contributed by atoms with Crippen molar-refractivity contribution in [3.8, 4) is 23.1 Å². The highest BCUT2D eigenvalue weighted by atomic mass is 35.5. The van der Waals surface area contributed by atoms with Crippen molar-refractivity contribution in [1.29, 1.82) is 0 Å². The molecule has 1 aromatic carbocycles. The van der Waals surface area contributed by atoms with Gasteiger partial charge in [0.15, 0.2) is 0 Å². The highest BCUT2D eigenvalue weighted by Gasteiger charge is 2.19. The predicted octanol–water partition coefficient (Wildman–Crippen LogP) is 6.92. The Morgan fingerprint density at radius 3 is 2.50 bits per heavy atom. The van der Waals surface area contributed by atoms with E-state index in [0.29, 0.717) is 5.92 Å². The predicted molar refractivity (Wildman–Crippen MR) is 111 cm³/mol. The van der Waals surface area contributed by atoms with Crippen molar-refractivity contribution >= 4 is 11.6 Å². The molecule has 1 aliphatic carbocycles. The van der Waals surface area contributed by atoms with E-state index in [9.17, 15) is 0 Å². The summed E-state index contributed by atoms with van der Waals surface area (Å²) >= 11 is 5.94. The van der Waals surface area contributed by atoms with Gasteiger partial charge in [0.05, 0.1) is 5.69 Å². The molecule has 0 aliphatic heterocycles. The number of aromatic nitrogens is 1. The number of rotatable bonds is 5. The van der Waals surface area contributed by atoms with Crippen LogP contribution >= 0.6 is 11.6 Å².